The summed E-state index contributed by atoms with van der Waals surface area (Å²) in [6.07, 6.45) is 1.43. The Balaban J connectivity index is 3.53. The SMILES string of the molecule is CCS(=O)(=O)NS(=O)(=O)C(F)(F)C(F)(F)C(F)(F)S(=O)(=O)C(C)(C#N)C(=O)OC1CCCCCC1. The van der Waals surface area contributed by atoms with Gasteiger partial charge in [-0.2, -0.15) is 31.6 Å². The van der Waals surface area contributed by atoms with Gasteiger partial charge in [0.05, 0.1) is 11.8 Å². The number of sulfone groups is 1. The zero-order valence-electron chi connectivity index (χ0n) is 18.2. The van der Waals surface area contributed by atoms with Crippen molar-refractivity contribution in [2.75, 3.05) is 5.75 Å². The molecule has 0 heterocycles. The van der Waals surface area contributed by atoms with E-state index in [0.29, 0.717) is 38.7 Å². The first-order valence-electron chi connectivity index (χ1n) is 9.83. The monoisotopic (exact) mass is 580 g/mol. The Morgan fingerprint density at radius 2 is 1.40 bits per heavy atom. The van der Waals surface area contributed by atoms with Crippen LogP contribution in [0.15, 0.2) is 0 Å². The molecule has 1 fully saturated rings. The van der Waals surface area contributed by atoms with Crippen molar-refractivity contribution in [2.45, 2.75) is 79.7 Å². The van der Waals surface area contributed by atoms with Gasteiger partial charge in [0.15, 0.2) is 0 Å². The van der Waals surface area contributed by atoms with E-state index >= 15 is 0 Å². The Morgan fingerprint density at radius 1 is 0.943 bits per heavy atom. The van der Waals surface area contributed by atoms with Crippen LogP contribution in [0.2, 0.25) is 0 Å². The minimum absolute atomic E-state index is 0.0855. The zero-order valence-corrected chi connectivity index (χ0v) is 20.7. The smallest absolute Gasteiger partial charge is 0.429 e. The van der Waals surface area contributed by atoms with Gasteiger partial charge >= 0.3 is 22.4 Å². The van der Waals surface area contributed by atoms with Crippen LogP contribution in [0, 0.1) is 11.3 Å². The minimum Gasteiger partial charge on any atom is -0.460 e. The number of ether oxygens (including phenoxy) is 1. The van der Waals surface area contributed by atoms with Gasteiger partial charge in [-0.1, -0.05) is 12.8 Å². The van der Waals surface area contributed by atoms with Gasteiger partial charge in [0.25, 0.3) is 24.6 Å². The molecule has 1 unspecified atom stereocenters. The van der Waals surface area contributed by atoms with Gasteiger partial charge in [-0.3, -0.25) is 0 Å². The van der Waals surface area contributed by atoms with Crippen LogP contribution in [-0.4, -0.2) is 64.3 Å². The lowest BCUT2D eigenvalue weighted by molar-refractivity contribution is -0.244. The number of alkyl halides is 6. The maximum atomic E-state index is 14.6. The van der Waals surface area contributed by atoms with Crippen LogP contribution in [0.5, 0.6) is 0 Å². The van der Waals surface area contributed by atoms with Crippen molar-refractivity contribution in [1.82, 2.24) is 4.13 Å². The van der Waals surface area contributed by atoms with Gasteiger partial charge in [0, 0.05) is 0 Å². The van der Waals surface area contributed by atoms with Crippen molar-refractivity contribution >= 4 is 35.9 Å². The summed E-state index contributed by atoms with van der Waals surface area (Å²) >= 11 is 0. The van der Waals surface area contributed by atoms with E-state index in [4.69, 9.17) is 10.00 Å². The topological polar surface area (TPSA) is 165 Å². The van der Waals surface area contributed by atoms with Gasteiger partial charge in [-0.15, -0.1) is 4.13 Å². The van der Waals surface area contributed by atoms with Crippen LogP contribution in [-0.2, 0) is 39.4 Å². The molecule has 0 radical (unpaired) electrons. The molecule has 204 valence electrons. The quantitative estimate of drug-likeness (QED) is 0.231. The Morgan fingerprint density at radius 3 is 1.80 bits per heavy atom. The number of nitrogens with zero attached hydrogens (tertiary/aromatic N) is 1. The molecular formula is C16H22F6N2O8S3. The van der Waals surface area contributed by atoms with E-state index in [2.05, 4.69) is 0 Å². The Bertz CT molecular complexity index is 1170. The van der Waals surface area contributed by atoms with Crippen LogP contribution in [0.3, 0.4) is 0 Å². The van der Waals surface area contributed by atoms with E-state index in [9.17, 15) is 56.4 Å². The molecule has 0 aromatic carbocycles. The summed E-state index contributed by atoms with van der Waals surface area (Å²) < 4.78 is 157. The summed E-state index contributed by atoms with van der Waals surface area (Å²) in [7, 11) is -19.7. The highest BCUT2D eigenvalue weighted by atomic mass is 32.3. The third-order valence-electron chi connectivity index (χ3n) is 5.24. The number of hydrogen-bond donors (Lipinski definition) is 1. The van der Waals surface area contributed by atoms with Gasteiger partial charge in [0.1, 0.15) is 6.10 Å². The molecule has 19 heteroatoms. The molecule has 0 aromatic heterocycles. The molecule has 10 nitrogen and oxygen atoms in total. The van der Waals surface area contributed by atoms with E-state index in [1.54, 1.807) is 0 Å². The fraction of sp³-hybridized carbons (Fsp3) is 0.875. The maximum Gasteiger partial charge on any atom is 0.429 e. The lowest BCUT2D eigenvalue weighted by atomic mass is 10.1. The number of rotatable bonds is 10. The standard InChI is InChI=1S/C16H22F6N2O8S3/c1-3-33(26,27)24-35(30,31)16(21,22)14(17,18)15(19,20)34(28,29)13(2,10-23)12(25)32-11-8-6-4-5-7-9-11/h11,24H,3-9H2,1-2H3. The normalized spacial score (nSPS) is 19.3. The summed E-state index contributed by atoms with van der Waals surface area (Å²) in [5.41, 5.74) is 0. The second kappa shape index (κ2) is 10.0. The molecule has 0 bridgehead atoms. The molecule has 0 spiro atoms. The highest BCUT2D eigenvalue weighted by molar-refractivity contribution is 8.05. The molecule has 1 N–H and O–H groups in total. The van der Waals surface area contributed by atoms with Crippen molar-refractivity contribution in [3.05, 3.63) is 0 Å². The summed E-state index contributed by atoms with van der Waals surface area (Å²) in [5, 5.41) is -4.99. The van der Waals surface area contributed by atoms with E-state index < -0.39 is 68.9 Å². The predicted octanol–water partition coefficient (Wildman–Crippen LogP) is 2.04. The van der Waals surface area contributed by atoms with Crippen molar-refractivity contribution in [3.8, 4) is 6.07 Å². The Hall–Kier alpha value is -1.65. The highest BCUT2D eigenvalue weighted by Gasteiger charge is 2.84. The molecule has 1 rings (SSSR count). The van der Waals surface area contributed by atoms with Crippen molar-refractivity contribution in [2.24, 2.45) is 0 Å². The second-order valence-corrected chi connectivity index (χ2v) is 14.1. The van der Waals surface area contributed by atoms with Crippen LogP contribution >= 0.6 is 0 Å². The summed E-state index contributed by atoms with van der Waals surface area (Å²) in [5.74, 6) is -10.9. The van der Waals surface area contributed by atoms with Crippen LogP contribution < -0.4 is 4.13 Å². The number of sulfonamides is 2. The summed E-state index contributed by atoms with van der Waals surface area (Å²) in [6.45, 7) is 0.600. The summed E-state index contributed by atoms with van der Waals surface area (Å²) in [6, 6.07) is 0.558. The molecule has 1 aliphatic rings. The van der Waals surface area contributed by atoms with Gasteiger partial charge in [-0.05, 0) is 39.5 Å². The first-order chi connectivity index (χ1) is 15.6. The molecule has 1 aliphatic carbocycles. The van der Waals surface area contributed by atoms with Crippen molar-refractivity contribution < 1.29 is 61.1 Å². The first-order valence-corrected chi connectivity index (χ1v) is 14.5. The average Bonchev–Trinajstić information content (AvgIpc) is 3.00. The number of halogens is 6. The van der Waals surface area contributed by atoms with E-state index in [-0.39, 0.29) is 23.9 Å². The Labute approximate surface area is 198 Å². The third-order valence-corrected chi connectivity index (χ3v) is 11.1. The van der Waals surface area contributed by atoms with E-state index in [1.807, 2.05) is 0 Å². The molecule has 35 heavy (non-hydrogen) atoms. The maximum absolute atomic E-state index is 14.6. The van der Waals surface area contributed by atoms with Gasteiger partial charge in [-0.25, -0.2) is 30.0 Å². The average molecular weight is 581 g/mol. The third kappa shape index (κ3) is 5.39. The zero-order chi connectivity index (χ0) is 27.7. The van der Waals surface area contributed by atoms with Crippen LogP contribution in [0.1, 0.15) is 52.4 Å². The van der Waals surface area contributed by atoms with Crippen LogP contribution in [0.25, 0.3) is 0 Å². The van der Waals surface area contributed by atoms with Gasteiger partial charge in [0.2, 0.25) is 10.0 Å². The molecule has 1 atom stereocenters. The van der Waals surface area contributed by atoms with Crippen LogP contribution in [0.4, 0.5) is 26.3 Å². The van der Waals surface area contributed by atoms with Crippen molar-refractivity contribution in [1.29, 1.82) is 5.26 Å². The predicted molar refractivity (Wildman–Crippen MR) is 107 cm³/mol. The molecular weight excluding hydrogens is 558 g/mol. The molecule has 0 aromatic rings. The van der Waals surface area contributed by atoms with Crippen molar-refractivity contribution in [3.63, 3.8) is 0 Å². The minimum atomic E-state index is -7.37. The second-order valence-electron chi connectivity index (χ2n) is 7.77. The number of nitriles is 1. The number of nitrogens with one attached hydrogen (secondary N) is 1. The molecule has 0 saturated heterocycles. The lowest BCUT2D eigenvalue weighted by Crippen LogP contribution is -2.66. The number of esters is 1. The Kier molecular flexibility index (Phi) is 8.98. The van der Waals surface area contributed by atoms with E-state index in [0.717, 1.165) is 0 Å². The number of carbonyl (C=O) groups excluding carboxylic acids is 1. The largest absolute Gasteiger partial charge is 0.460 e. The van der Waals surface area contributed by atoms with Gasteiger partial charge < -0.3 is 4.74 Å². The fourth-order valence-corrected chi connectivity index (χ4v) is 7.00. The molecule has 1 saturated carbocycles. The fourth-order valence-electron chi connectivity index (χ4n) is 2.88. The molecule has 0 amide bonds. The molecule has 0 aliphatic heterocycles. The summed E-state index contributed by atoms with van der Waals surface area (Å²) in [4.78, 5) is 12.4. The lowest BCUT2D eigenvalue weighted by Gasteiger charge is -2.34. The number of hydrogen-bond acceptors (Lipinski definition) is 9. The first kappa shape index (κ1) is 31.4. The highest BCUT2D eigenvalue weighted by Crippen LogP contribution is 2.53. The number of carbonyl (C=O) groups is 1. The van der Waals surface area contributed by atoms with E-state index in [1.165, 1.54) is 0 Å².